The van der Waals surface area contributed by atoms with Gasteiger partial charge in [0.1, 0.15) is 0 Å². The molecule has 19 heavy (non-hydrogen) atoms. The molecule has 0 radical (unpaired) electrons. The molecule has 106 valence electrons. The lowest BCUT2D eigenvalue weighted by Crippen LogP contribution is -2.36. The fourth-order valence-electron chi connectivity index (χ4n) is 2.57. The van der Waals surface area contributed by atoms with Gasteiger partial charge in [-0.25, -0.2) is 0 Å². The molecule has 1 aromatic rings. The fourth-order valence-corrected chi connectivity index (χ4v) is 2.57. The minimum Gasteiger partial charge on any atom is -0.271 e. The summed E-state index contributed by atoms with van der Waals surface area (Å²) >= 11 is 0. The molecule has 2 heteroatoms. The van der Waals surface area contributed by atoms with E-state index in [9.17, 15) is 0 Å². The molecule has 2 nitrogen and oxygen atoms in total. The Balaban J connectivity index is 2.40. The Kier molecular flexibility index (Phi) is 7.46. The van der Waals surface area contributed by atoms with Crippen molar-refractivity contribution < 1.29 is 0 Å². The van der Waals surface area contributed by atoms with Crippen LogP contribution in [-0.2, 0) is 6.42 Å². The smallest absolute Gasteiger partial charge is 0.0250 e. The van der Waals surface area contributed by atoms with Crippen LogP contribution in [0, 0.1) is 13.8 Å². The molecule has 0 saturated carbocycles. The highest BCUT2D eigenvalue weighted by molar-refractivity contribution is 5.29. The second-order valence-corrected chi connectivity index (χ2v) is 5.49. The summed E-state index contributed by atoms with van der Waals surface area (Å²) in [5.41, 5.74) is 7.00. The number of aryl methyl sites for hydroxylation is 2. The van der Waals surface area contributed by atoms with Gasteiger partial charge in [-0.2, -0.15) is 0 Å². The zero-order chi connectivity index (χ0) is 14.1. The highest BCUT2D eigenvalue weighted by Gasteiger charge is 2.08. The summed E-state index contributed by atoms with van der Waals surface area (Å²) in [7, 11) is 0. The van der Waals surface area contributed by atoms with Gasteiger partial charge in [-0.15, -0.1) is 6.58 Å². The SMILES string of the molecule is C=CCCCCCC(Cc1cc(C)cc(C)c1)NN. The number of allylic oxidation sites excluding steroid dienone is 1. The first-order valence-corrected chi connectivity index (χ1v) is 7.30. The van der Waals surface area contributed by atoms with E-state index in [0.717, 1.165) is 19.3 Å². The number of rotatable bonds is 9. The van der Waals surface area contributed by atoms with Gasteiger partial charge in [0.15, 0.2) is 0 Å². The van der Waals surface area contributed by atoms with Crippen LogP contribution < -0.4 is 11.3 Å². The molecule has 1 aromatic carbocycles. The minimum atomic E-state index is 0.380. The monoisotopic (exact) mass is 260 g/mol. The molecular formula is C17H28N2. The standard InChI is InChI=1S/C17H28N2/c1-4-5-6-7-8-9-17(19-18)13-16-11-14(2)10-15(3)12-16/h4,10-12,17,19H,1,5-9,13,18H2,2-3H3. The van der Waals surface area contributed by atoms with Crippen LogP contribution in [0.15, 0.2) is 30.9 Å². The van der Waals surface area contributed by atoms with E-state index in [4.69, 9.17) is 5.84 Å². The van der Waals surface area contributed by atoms with Gasteiger partial charge in [-0.1, -0.05) is 48.2 Å². The van der Waals surface area contributed by atoms with E-state index in [1.165, 1.54) is 36.0 Å². The molecule has 0 saturated heterocycles. The summed E-state index contributed by atoms with van der Waals surface area (Å²) < 4.78 is 0. The van der Waals surface area contributed by atoms with E-state index in [-0.39, 0.29) is 0 Å². The van der Waals surface area contributed by atoms with Gasteiger partial charge in [0.2, 0.25) is 0 Å². The van der Waals surface area contributed by atoms with Crippen molar-refractivity contribution in [3.05, 3.63) is 47.5 Å². The molecule has 0 aromatic heterocycles. The van der Waals surface area contributed by atoms with Crippen molar-refractivity contribution in [1.29, 1.82) is 0 Å². The van der Waals surface area contributed by atoms with Crippen molar-refractivity contribution in [2.45, 2.75) is 58.4 Å². The van der Waals surface area contributed by atoms with Crippen LogP contribution in [0.3, 0.4) is 0 Å². The number of hydrazine groups is 1. The van der Waals surface area contributed by atoms with Crippen LogP contribution >= 0.6 is 0 Å². The average molecular weight is 260 g/mol. The zero-order valence-electron chi connectivity index (χ0n) is 12.4. The molecule has 0 fully saturated rings. The van der Waals surface area contributed by atoms with Crippen LogP contribution in [-0.4, -0.2) is 6.04 Å². The van der Waals surface area contributed by atoms with Crippen molar-refractivity contribution in [1.82, 2.24) is 5.43 Å². The molecule has 1 atom stereocenters. The lowest BCUT2D eigenvalue weighted by atomic mass is 9.98. The average Bonchev–Trinajstić information content (AvgIpc) is 2.36. The highest BCUT2D eigenvalue weighted by atomic mass is 15.2. The number of nitrogens with two attached hydrogens (primary N) is 1. The fraction of sp³-hybridized carbons (Fsp3) is 0.529. The first-order chi connectivity index (χ1) is 9.15. The van der Waals surface area contributed by atoms with E-state index in [1.54, 1.807) is 0 Å². The predicted octanol–water partition coefficient (Wildman–Crippen LogP) is 3.81. The molecule has 0 heterocycles. The maximum atomic E-state index is 5.67. The third kappa shape index (κ3) is 6.55. The minimum absolute atomic E-state index is 0.380. The Hall–Kier alpha value is -1.12. The van der Waals surface area contributed by atoms with Crippen LogP contribution in [0.5, 0.6) is 0 Å². The van der Waals surface area contributed by atoms with Crippen LogP contribution in [0.4, 0.5) is 0 Å². The van der Waals surface area contributed by atoms with Crippen molar-refractivity contribution >= 4 is 0 Å². The lowest BCUT2D eigenvalue weighted by Gasteiger charge is -2.16. The summed E-state index contributed by atoms with van der Waals surface area (Å²) in [6.45, 7) is 8.05. The highest BCUT2D eigenvalue weighted by Crippen LogP contribution is 2.14. The lowest BCUT2D eigenvalue weighted by molar-refractivity contribution is 0.464. The normalized spacial score (nSPS) is 12.4. The van der Waals surface area contributed by atoms with Gasteiger partial charge in [-0.05, 0) is 45.1 Å². The van der Waals surface area contributed by atoms with E-state index >= 15 is 0 Å². The molecule has 0 aliphatic heterocycles. The number of benzene rings is 1. The first-order valence-electron chi connectivity index (χ1n) is 7.30. The van der Waals surface area contributed by atoms with E-state index in [0.29, 0.717) is 6.04 Å². The number of hydrogen-bond acceptors (Lipinski definition) is 2. The van der Waals surface area contributed by atoms with Gasteiger partial charge in [0, 0.05) is 6.04 Å². The van der Waals surface area contributed by atoms with E-state index in [2.05, 4.69) is 44.1 Å². The Bertz CT molecular complexity index is 365. The maximum absolute atomic E-state index is 5.67. The van der Waals surface area contributed by atoms with Crippen molar-refractivity contribution in [3.8, 4) is 0 Å². The predicted molar refractivity (Wildman–Crippen MR) is 84.0 cm³/mol. The van der Waals surface area contributed by atoms with Gasteiger partial charge >= 0.3 is 0 Å². The van der Waals surface area contributed by atoms with Gasteiger partial charge < -0.3 is 0 Å². The molecule has 0 aliphatic carbocycles. The molecule has 0 amide bonds. The Morgan fingerprint density at radius 2 is 1.84 bits per heavy atom. The van der Waals surface area contributed by atoms with Crippen LogP contribution in [0.2, 0.25) is 0 Å². The maximum Gasteiger partial charge on any atom is 0.0250 e. The van der Waals surface area contributed by atoms with Crippen molar-refractivity contribution in [3.63, 3.8) is 0 Å². The van der Waals surface area contributed by atoms with Crippen LogP contribution in [0.25, 0.3) is 0 Å². The van der Waals surface area contributed by atoms with Crippen molar-refractivity contribution in [2.24, 2.45) is 5.84 Å². The van der Waals surface area contributed by atoms with Crippen molar-refractivity contribution in [2.75, 3.05) is 0 Å². The largest absolute Gasteiger partial charge is 0.271 e. The van der Waals surface area contributed by atoms with E-state index in [1.807, 2.05) is 6.08 Å². The topological polar surface area (TPSA) is 38.0 Å². The Morgan fingerprint density at radius 3 is 2.42 bits per heavy atom. The second kappa shape index (κ2) is 8.89. The second-order valence-electron chi connectivity index (χ2n) is 5.49. The molecule has 0 aliphatic rings. The quantitative estimate of drug-likeness (QED) is 0.307. The first kappa shape index (κ1) is 15.9. The summed E-state index contributed by atoms with van der Waals surface area (Å²) in [5, 5.41) is 0. The van der Waals surface area contributed by atoms with Gasteiger partial charge in [0.25, 0.3) is 0 Å². The number of hydrogen-bond donors (Lipinski definition) is 2. The molecule has 1 rings (SSSR count). The Labute approximate surface area is 118 Å². The Morgan fingerprint density at radius 1 is 1.16 bits per heavy atom. The van der Waals surface area contributed by atoms with Gasteiger partial charge in [-0.3, -0.25) is 11.3 Å². The molecular weight excluding hydrogens is 232 g/mol. The van der Waals surface area contributed by atoms with E-state index < -0.39 is 0 Å². The summed E-state index contributed by atoms with van der Waals surface area (Å²) in [6.07, 6.45) is 9.00. The molecule has 1 unspecified atom stereocenters. The molecule has 0 spiro atoms. The molecule has 3 N–H and O–H groups in total. The third-order valence-corrected chi connectivity index (χ3v) is 3.46. The number of nitrogens with one attached hydrogen (secondary N) is 1. The number of unbranched alkanes of at least 4 members (excludes halogenated alkanes) is 3. The third-order valence-electron chi connectivity index (χ3n) is 3.46. The van der Waals surface area contributed by atoms with Gasteiger partial charge in [0.05, 0.1) is 0 Å². The zero-order valence-corrected chi connectivity index (χ0v) is 12.4. The molecule has 0 bridgehead atoms. The summed E-state index contributed by atoms with van der Waals surface area (Å²) in [5.74, 6) is 5.67. The summed E-state index contributed by atoms with van der Waals surface area (Å²) in [4.78, 5) is 0. The van der Waals surface area contributed by atoms with Crippen LogP contribution in [0.1, 0.15) is 48.8 Å². The summed E-state index contributed by atoms with van der Waals surface area (Å²) in [6, 6.07) is 7.11.